The predicted octanol–water partition coefficient (Wildman–Crippen LogP) is 2.87. The second-order valence-corrected chi connectivity index (χ2v) is 7.67. The maximum absolute atomic E-state index is 12.3. The Balaban J connectivity index is 1.67. The molecule has 8 nitrogen and oxygen atoms in total. The highest BCUT2D eigenvalue weighted by Gasteiger charge is 2.12. The van der Waals surface area contributed by atoms with Crippen LogP contribution in [0.1, 0.15) is 12.6 Å². The van der Waals surface area contributed by atoms with E-state index in [4.69, 9.17) is 4.74 Å². The lowest BCUT2D eigenvalue weighted by Crippen LogP contribution is -2.29. The van der Waals surface area contributed by atoms with Crippen LogP contribution in [-0.2, 0) is 27.3 Å². The van der Waals surface area contributed by atoms with E-state index in [2.05, 4.69) is 31.3 Å². The number of nitrogens with one attached hydrogen (secondary N) is 1. The van der Waals surface area contributed by atoms with Gasteiger partial charge in [-0.2, -0.15) is 5.10 Å². The summed E-state index contributed by atoms with van der Waals surface area (Å²) in [5, 5.41) is 8.90. The standard InChI is InChI=1S/C19H17BrN4O4S/c1-2-28-18(27)9-14-11-29-19(21-14)22-16(25)10-24-17(26)8-7-15(23-24)12-3-5-13(20)6-4-12/h3-8,11H,2,9-10H2,1H3,(H,21,22,25). The van der Waals surface area contributed by atoms with Gasteiger partial charge >= 0.3 is 5.97 Å². The molecule has 2 heterocycles. The largest absolute Gasteiger partial charge is 0.466 e. The van der Waals surface area contributed by atoms with Gasteiger partial charge in [0.05, 0.1) is 24.4 Å². The Morgan fingerprint density at radius 2 is 1.97 bits per heavy atom. The third-order valence-corrected chi connectivity index (χ3v) is 5.06. The average Bonchev–Trinajstić information content (AvgIpc) is 3.11. The molecule has 150 valence electrons. The number of carbonyl (C=O) groups excluding carboxylic acids is 2. The molecular formula is C19H17BrN4O4S. The van der Waals surface area contributed by atoms with Crippen molar-refractivity contribution in [1.82, 2.24) is 14.8 Å². The van der Waals surface area contributed by atoms with E-state index in [0.29, 0.717) is 23.1 Å². The first kappa shape index (κ1) is 20.9. The molecule has 3 rings (SSSR count). The molecule has 2 aromatic heterocycles. The fourth-order valence-electron chi connectivity index (χ4n) is 2.44. The highest BCUT2D eigenvalue weighted by molar-refractivity contribution is 9.10. The van der Waals surface area contributed by atoms with Crippen molar-refractivity contribution in [2.75, 3.05) is 11.9 Å². The van der Waals surface area contributed by atoms with E-state index in [1.165, 1.54) is 17.4 Å². The first-order valence-corrected chi connectivity index (χ1v) is 10.4. The van der Waals surface area contributed by atoms with E-state index >= 15 is 0 Å². The van der Waals surface area contributed by atoms with Crippen LogP contribution in [0.4, 0.5) is 5.13 Å². The molecule has 0 saturated carbocycles. The SMILES string of the molecule is CCOC(=O)Cc1csc(NC(=O)Cn2nc(-c3ccc(Br)cc3)ccc2=O)n1. The van der Waals surface area contributed by atoms with E-state index < -0.39 is 5.91 Å². The number of thiazole rings is 1. The second-order valence-electron chi connectivity index (χ2n) is 5.90. The van der Waals surface area contributed by atoms with Crippen LogP contribution >= 0.6 is 27.3 Å². The first-order chi connectivity index (χ1) is 13.9. The molecule has 0 saturated heterocycles. The molecular weight excluding hydrogens is 460 g/mol. The number of nitrogens with zero attached hydrogens (tertiary/aromatic N) is 3. The average molecular weight is 477 g/mol. The fraction of sp³-hybridized carbons (Fsp3) is 0.211. The Kier molecular flexibility index (Phi) is 6.89. The van der Waals surface area contributed by atoms with E-state index in [0.717, 1.165) is 14.7 Å². The number of benzene rings is 1. The van der Waals surface area contributed by atoms with Gasteiger partial charge < -0.3 is 10.1 Å². The number of esters is 1. The van der Waals surface area contributed by atoms with Crippen LogP contribution in [0.25, 0.3) is 11.3 Å². The molecule has 0 bridgehead atoms. The zero-order valence-electron chi connectivity index (χ0n) is 15.4. The molecule has 0 aliphatic carbocycles. The van der Waals surface area contributed by atoms with Crippen molar-refractivity contribution in [3.8, 4) is 11.3 Å². The summed E-state index contributed by atoms with van der Waals surface area (Å²) in [5.74, 6) is -0.819. The number of carbonyl (C=O) groups is 2. The Hall–Kier alpha value is -2.85. The zero-order chi connectivity index (χ0) is 20.8. The van der Waals surface area contributed by atoms with E-state index in [9.17, 15) is 14.4 Å². The van der Waals surface area contributed by atoms with Gasteiger partial charge in [0.2, 0.25) is 5.91 Å². The van der Waals surface area contributed by atoms with Crippen LogP contribution in [0.15, 0.2) is 51.0 Å². The number of aromatic nitrogens is 3. The topological polar surface area (TPSA) is 103 Å². The predicted molar refractivity (Wildman–Crippen MR) is 113 cm³/mol. The number of halogens is 1. The molecule has 0 unspecified atom stereocenters. The maximum Gasteiger partial charge on any atom is 0.311 e. The van der Waals surface area contributed by atoms with Gasteiger partial charge in [-0.15, -0.1) is 11.3 Å². The zero-order valence-corrected chi connectivity index (χ0v) is 17.8. The normalized spacial score (nSPS) is 10.6. The highest BCUT2D eigenvalue weighted by Crippen LogP contribution is 2.19. The fourth-order valence-corrected chi connectivity index (χ4v) is 3.43. The molecule has 0 atom stereocenters. The minimum Gasteiger partial charge on any atom is -0.466 e. The quantitative estimate of drug-likeness (QED) is 0.525. The van der Waals surface area contributed by atoms with Gasteiger partial charge in [0.1, 0.15) is 6.54 Å². The van der Waals surface area contributed by atoms with Crippen LogP contribution in [0.3, 0.4) is 0 Å². The molecule has 0 aliphatic rings. The summed E-state index contributed by atoms with van der Waals surface area (Å²) in [6.45, 7) is 1.77. The molecule has 3 aromatic rings. The summed E-state index contributed by atoms with van der Waals surface area (Å²) < 4.78 is 6.90. The summed E-state index contributed by atoms with van der Waals surface area (Å²) in [6, 6.07) is 10.5. The molecule has 10 heteroatoms. The number of anilines is 1. The van der Waals surface area contributed by atoms with Crippen LogP contribution in [-0.4, -0.2) is 33.2 Å². The van der Waals surface area contributed by atoms with Gasteiger partial charge in [-0.3, -0.25) is 14.4 Å². The van der Waals surface area contributed by atoms with Crippen molar-refractivity contribution in [2.45, 2.75) is 19.9 Å². The minimum atomic E-state index is -0.440. The van der Waals surface area contributed by atoms with Gasteiger partial charge in [0.15, 0.2) is 5.13 Å². The number of ether oxygens (including phenoxy) is 1. The number of amides is 1. The lowest BCUT2D eigenvalue weighted by Gasteiger charge is -2.07. The Labute approximate surface area is 178 Å². The van der Waals surface area contributed by atoms with Crippen LogP contribution in [0.2, 0.25) is 0 Å². The van der Waals surface area contributed by atoms with E-state index in [1.807, 2.05) is 24.3 Å². The smallest absolute Gasteiger partial charge is 0.311 e. The van der Waals surface area contributed by atoms with Crippen molar-refractivity contribution in [3.63, 3.8) is 0 Å². The number of hydrogen-bond donors (Lipinski definition) is 1. The van der Waals surface area contributed by atoms with E-state index in [-0.39, 0.29) is 24.5 Å². The van der Waals surface area contributed by atoms with Crippen molar-refractivity contribution in [2.24, 2.45) is 0 Å². The highest BCUT2D eigenvalue weighted by atomic mass is 79.9. The van der Waals surface area contributed by atoms with Crippen molar-refractivity contribution in [3.05, 3.63) is 62.3 Å². The number of rotatable bonds is 7. The molecule has 29 heavy (non-hydrogen) atoms. The van der Waals surface area contributed by atoms with Gasteiger partial charge in [0.25, 0.3) is 5.56 Å². The summed E-state index contributed by atoms with van der Waals surface area (Å²) in [5.41, 5.74) is 1.53. The third-order valence-electron chi connectivity index (χ3n) is 3.73. The molecule has 1 aromatic carbocycles. The van der Waals surface area contributed by atoms with Gasteiger partial charge in [0, 0.05) is 21.5 Å². The van der Waals surface area contributed by atoms with Gasteiger partial charge in [-0.05, 0) is 25.1 Å². The van der Waals surface area contributed by atoms with Crippen LogP contribution in [0.5, 0.6) is 0 Å². The summed E-state index contributed by atoms with van der Waals surface area (Å²) in [4.78, 5) is 40.1. The Morgan fingerprint density at radius 3 is 2.69 bits per heavy atom. The molecule has 0 spiro atoms. The molecule has 0 radical (unpaired) electrons. The monoisotopic (exact) mass is 476 g/mol. The van der Waals surface area contributed by atoms with Crippen LogP contribution in [0, 0.1) is 0 Å². The summed E-state index contributed by atoms with van der Waals surface area (Å²) >= 11 is 4.56. The minimum absolute atomic E-state index is 0.0382. The first-order valence-electron chi connectivity index (χ1n) is 8.68. The Morgan fingerprint density at radius 1 is 1.21 bits per heavy atom. The third kappa shape index (κ3) is 5.81. The number of hydrogen-bond acceptors (Lipinski definition) is 7. The molecule has 0 fully saturated rings. The second kappa shape index (κ2) is 9.57. The Bertz CT molecular complexity index is 1080. The van der Waals surface area contributed by atoms with Crippen molar-refractivity contribution < 1.29 is 14.3 Å². The molecule has 1 N–H and O–H groups in total. The van der Waals surface area contributed by atoms with Crippen LogP contribution < -0.4 is 10.9 Å². The lowest BCUT2D eigenvalue weighted by atomic mass is 10.1. The molecule has 0 aliphatic heterocycles. The summed E-state index contributed by atoms with van der Waals surface area (Å²) in [7, 11) is 0. The molecule has 1 amide bonds. The van der Waals surface area contributed by atoms with E-state index in [1.54, 1.807) is 18.4 Å². The van der Waals surface area contributed by atoms with Crippen molar-refractivity contribution in [1.29, 1.82) is 0 Å². The summed E-state index contributed by atoms with van der Waals surface area (Å²) in [6.07, 6.45) is 0.0382. The van der Waals surface area contributed by atoms with Crippen molar-refractivity contribution >= 4 is 44.3 Å². The lowest BCUT2D eigenvalue weighted by molar-refractivity contribution is -0.142. The maximum atomic E-state index is 12.3. The van der Waals surface area contributed by atoms with Gasteiger partial charge in [-0.25, -0.2) is 9.67 Å². The van der Waals surface area contributed by atoms with Gasteiger partial charge in [-0.1, -0.05) is 28.1 Å².